The fourth-order valence-electron chi connectivity index (χ4n) is 1.75. The van der Waals surface area contributed by atoms with E-state index >= 15 is 0 Å². The van der Waals surface area contributed by atoms with E-state index in [1.165, 1.54) is 0 Å². The molecule has 100 valence electrons. The molecule has 1 amide bonds. The number of carbonyl (C=O) groups is 1. The van der Waals surface area contributed by atoms with Gasteiger partial charge in [0.15, 0.2) is 0 Å². The maximum atomic E-state index is 11.7. The number of nitrogens with one attached hydrogen (secondary N) is 1. The van der Waals surface area contributed by atoms with E-state index < -0.39 is 0 Å². The summed E-state index contributed by atoms with van der Waals surface area (Å²) in [7, 11) is 0. The molecule has 0 aliphatic rings. The first-order chi connectivity index (χ1) is 8.69. The fourth-order valence-corrected chi connectivity index (χ4v) is 1.75. The van der Waals surface area contributed by atoms with Crippen LogP contribution >= 0.6 is 0 Å². The van der Waals surface area contributed by atoms with Crippen molar-refractivity contribution in [3.63, 3.8) is 0 Å². The number of amides is 1. The largest absolute Gasteiger partial charge is 0.396 e. The Morgan fingerprint density at radius 1 is 1.39 bits per heavy atom. The van der Waals surface area contributed by atoms with Gasteiger partial charge in [0.1, 0.15) is 0 Å². The number of hydrogen-bond donors (Lipinski definition) is 3. The second kappa shape index (κ2) is 7.84. The normalized spacial score (nSPS) is 12.2. The van der Waals surface area contributed by atoms with Gasteiger partial charge in [0.25, 0.3) is 0 Å². The summed E-state index contributed by atoms with van der Waals surface area (Å²) in [5.74, 6) is 0.251. The van der Waals surface area contributed by atoms with E-state index in [-0.39, 0.29) is 18.4 Å². The van der Waals surface area contributed by atoms with E-state index in [9.17, 15) is 4.79 Å². The number of carbonyl (C=O) groups excluding carboxylic acids is 1. The Balaban J connectivity index is 2.48. The maximum absolute atomic E-state index is 11.7. The van der Waals surface area contributed by atoms with Crippen molar-refractivity contribution >= 4 is 11.6 Å². The lowest BCUT2D eigenvalue weighted by molar-refractivity contribution is -0.117. The molecule has 0 saturated heterocycles. The molecule has 4 nitrogen and oxygen atoms in total. The van der Waals surface area contributed by atoms with Gasteiger partial charge < -0.3 is 16.2 Å². The molecule has 1 aromatic carbocycles. The molecule has 1 unspecified atom stereocenters. The minimum atomic E-state index is 0.00204. The Kier molecular flexibility index (Phi) is 6.39. The summed E-state index contributed by atoms with van der Waals surface area (Å²) in [5.41, 5.74) is 7.42. The summed E-state index contributed by atoms with van der Waals surface area (Å²) in [6.07, 6.45) is 2.02. The molecule has 0 aliphatic carbocycles. The first kappa shape index (κ1) is 14.7. The second-order valence-corrected chi connectivity index (χ2v) is 4.43. The van der Waals surface area contributed by atoms with Crippen LogP contribution in [-0.4, -0.2) is 24.2 Å². The molecule has 0 saturated carbocycles. The van der Waals surface area contributed by atoms with Crippen LogP contribution in [0.2, 0.25) is 0 Å². The van der Waals surface area contributed by atoms with Crippen LogP contribution in [0.15, 0.2) is 24.3 Å². The van der Waals surface area contributed by atoms with E-state index in [1.807, 2.05) is 31.2 Å². The lowest BCUT2D eigenvalue weighted by Crippen LogP contribution is -2.21. The van der Waals surface area contributed by atoms with Gasteiger partial charge in [-0.15, -0.1) is 0 Å². The van der Waals surface area contributed by atoms with Crippen molar-refractivity contribution < 1.29 is 9.90 Å². The summed E-state index contributed by atoms with van der Waals surface area (Å²) in [5, 5.41) is 11.7. The summed E-state index contributed by atoms with van der Waals surface area (Å²) >= 11 is 0. The minimum absolute atomic E-state index is 0.00204. The summed E-state index contributed by atoms with van der Waals surface area (Å²) in [6.45, 7) is 2.72. The summed E-state index contributed by atoms with van der Waals surface area (Å²) in [6, 6.07) is 7.52. The Labute approximate surface area is 108 Å². The SMILES string of the molecule is CCC(CN)CC(=O)Nc1ccc(CCO)cc1. The van der Waals surface area contributed by atoms with Crippen molar-refractivity contribution in [2.24, 2.45) is 11.7 Å². The van der Waals surface area contributed by atoms with Crippen LogP contribution in [0.25, 0.3) is 0 Å². The zero-order chi connectivity index (χ0) is 13.4. The number of aliphatic hydroxyl groups is 1. The Morgan fingerprint density at radius 2 is 2.06 bits per heavy atom. The fraction of sp³-hybridized carbons (Fsp3) is 0.500. The number of aliphatic hydroxyl groups excluding tert-OH is 1. The topological polar surface area (TPSA) is 75.4 Å². The third-order valence-electron chi connectivity index (χ3n) is 3.02. The van der Waals surface area contributed by atoms with Crippen LogP contribution in [0.1, 0.15) is 25.3 Å². The monoisotopic (exact) mass is 250 g/mol. The highest BCUT2D eigenvalue weighted by Crippen LogP contribution is 2.12. The van der Waals surface area contributed by atoms with Crippen LogP contribution in [-0.2, 0) is 11.2 Å². The van der Waals surface area contributed by atoms with Crippen LogP contribution < -0.4 is 11.1 Å². The molecule has 0 bridgehead atoms. The van der Waals surface area contributed by atoms with E-state index in [0.717, 1.165) is 17.7 Å². The quantitative estimate of drug-likeness (QED) is 0.687. The molecule has 0 radical (unpaired) electrons. The molecule has 1 aromatic rings. The highest BCUT2D eigenvalue weighted by Gasteiger charge is 2.10. The first-order valence-corrected chi connectivity index (χ1v) is 6.39. The van der Waals surface area contributed by atoms with Crippen LogP contribution in [0.3, 0.4) is 0 Å². The predicted molar refractivity (Wildman–Crippen MR) is 73.3 cm³/mol. The number of nitrogens with two attached hydrogens (primary N) is 1. The second-order valence-electron chi connectivity index (χ2n) is 4.43. The summed E-state index contributed by atoms with van der Waals surface area (Å²) in [4.78, 5) is 11.7. The van der Waals surface area contributed by atoms with Crippen molar-refractivity contribution in [2.45, 2.75) is 26.2 Å². The van der Waals surface area contributed by atoms with Gasteiger partial charge in [-0.3, -0.25) is 4.79 Å². The van der Waals surface area contributed by atoms with Gasteiger partial charge in [0, 0.05) is 18.7 Å². The average Bonchev–Trinajstić information content (AvgIpc) is 2.38. The van der Waals surface area contributed by atoms with Crippen LogP contribution in [0.4, 0.5) is 5.69 Å². The van der Waals surface area contributed by atoms with Gasteiger partial charge in [-0.1, -0.05) is 25.5 Å². The summed E-state index contributed by atoms with van der Waals surface area (Å²) < 4.78 is 0. The molecule has 0 heterocycles. The molecule has 0 aliphatic heterocycles. The van der Waals surface area contributed by atoms with E-state index in [4.69, 9.17) is 10.8 Å². The molecule has 0 spiro atoms. The number of benzene rings is 1. The van der Waals surface area contributed by atoms with Crippen molar-refractivity contribution in [1.82, 2.24) is 0 Å². The third-order valence-corrected chi connectivity index (χ3v) is 3.02. The zero-order valence-electron chi connectivity index (χ0n) is 10.9. The number of hydrogen-bond acceptors (Lipinski definition) is 3. The lowest BCUT2D eigenvalue weighted by atomic mass is 10.0. The molecule has 4 heteroatoms. The van der Waals surface area contributed by atoms with Crippen LogP contribution in [0.5, 0.6) is 0 Å². The predicted octanol–water partition coefficient (Wildman–Crippen LogP) is 1.53. The zero-order valence-corrected chi connectivity index (χ0v) is 10.9. The molecular formula is C14H22N2O2. The average molecular weight is 250 g/mol. The van der Waals surface area contributed by atoms with Crippen molar-refractivity contribution in [3.8, 4) is 0 Å². The standard InChI is InChI=1S/C14H22N2O2/c1-2-11(10-15)9-14(18)16-13-5-3-12(4-6-13)7-8-17/h3-6,11,17H,2,7-10,15H2,1H3,(H,16,18). The van der Waals surface area contributed by atoms with Crippen molar-refractivity contribution in [3.05, 3.63) is 29.8 Å². The van der Waals surface area contributed by atoms with E-state index in [2.05, 4.69) is 5.32 Å². The molecule has 18 heavy (non-hydrogen) atoms. The Morgan fingerprint density at radius 3 is 2.56 bits per heavy atom. The third kappa shape index (κ3) is 4.85. The minimum Gasteiger partial charge on any atom is -0.396 e. The van der Waals surface area contributed by atoms with E-state index in [0.29, 0.717) is 19.4 Å². The van der Waals surface area contributed by atoms with E-state index in [1.54, 1.807) is 0 Å². The highest BCUT2D eigenvalue weighted by molar-refractivity contribution is 5.90. The molecule has 1 atom stereocenters. The van der Waals surface area contributed by atoms with Gasteiger partial charge in [-0.05, 0) is 36.6 Å². The lowest BCUT2D eigenvalue weighted by Gasteiger charge is -2.12. The van der Waals surface area contributed by atoms with Gasteiger partial charge in [-0.25, -0.2) is 0 Å². The first-order valence-electron chi connectivity index (χ1n) is 6.39. The number of rotatable bonds is 7. The van der Waals surface area contributed by atoms with Gasteiger partial charge in [0.2, 0.25) is 5.91 Å². The Hall–Kier alpha value is -1.39. The smallest absolute Gasteiger partial charge is 0.224 e. The maximum Gasteiger partial charge on any atom is 0.224 e. The highest BCUT2D eigenvalue weighted by atomic mass is 16.2. The molecular weight excluding hydrogens is 228 g/mol. The molecule has 4 N–H and O–H groups in total. The van der Waals surface area contributed by atoms with Gasteiger partial charge >= 0.3 is 0 Å². The van der Waals surface area contributed by atoms with Gasteiger partial charge in [0.05, 0.1) is 0 Å². The van der Waals surface area contributed by atoms with Crippen molar-refractivity contribution in [1.29, 1.82) is 0 Å². The molecule has 1 rings (SSSR count). The number of anilines is 1. The molecule has 0 aromatic heterocycles. The molecule has 0 fully saturated rings. The van der Waals surface area contributed by atoms with Crippen molar-refractivity contribution in [2.75, 3.05) is 18.5 Å². The van der Waals surface area contributed by atoms with Gasteiger partial charge in [-0.2, -0.15) is 0 Å². The Bertz CT molecular complexity index is 359. The van der Waals surface area contributed by atoms with Crippen LogP contribution in [0, 0.1) is 5.92 Å².